The molecular weight excluding hydrogens is 196 g/mol. The quantitative estimate of drug-likeness (QED) is 0.713. The number of rotatable bonds is 5. The van der Waals surface area contributed by atoms with Gasteiger partial charge in [-0.05, 0) is 24.1 Å². The summed E-state index contributed by atoms with van der Waals surface area (Å²) in [7, 11) is 3.15. The zero-order valence-electron chi connectivity index (χ0n) is 8.93. The minimum atomic E-state index is -1.27. The number of hydrogen-bond acceptors (Lipinski definition) is 4. The van der Waals surface area contributed by atoms with Crippen molar-refractivity contribution in [3.05, 3.63) is 23.8 Å². The Morgan fingerprint density at radius 2 is 1.80 bits per heavy atom. The molecule has 1 rings (SSSR count). The highest BCUT2D eigenvalue weighted by atomic mass is 16.5. The normalized spacial score (nSPS) is 10.5. The van der Waals surface area contributed by atoms with Crippen LogP contribution in [0.1, 0.15) is 12.0 Å². The summed E-state index contributed by atoms with van der Waals surface area (Å²) in [5.74, 6) is 1.33. The Morgan fingerprint density at radius 1 is 1.13 bits per heavy atom. The van der Waals surface area contributed by atoms with Crippen molar-refractivity contribution in [3.63, 3.8) is 0 Å². The molecule has 0 aromatic heterocycles. The van der Waals surface area contributed by atoms with Gasteiger partial charge in [-0.2, -0.15) is 0 Å². The lowest BCUT2D eigenvalue weighted by Gasteiger charge is -2.09. The van der Waals surface area contributed by atoms with Crippen molar-refractivity contribution in [2.75, 3.05) is 14.2 Å². The van der Waals surface area contributed by atoms with Gasteiger partial charge in [0, 0.05) is 6.42 Å². The molecule has 0 fully saturated rings. The predicted molar refractivity (Wildman–Crippen MR) is 56.1 cm³/mol. The van der Waals surface area contributed by atoms with Gasteiger partial charge in [-0.3, -0.25) is 0 Å². The van der Waals surface area contributed by atoms with Crippen LogP contribution in [-0.2, 0) is 6.42 Å². The molecule has 0 bridgehead atoms. The zero-order valence-corrected chi connectivity index (χ0v) is 8.93. The Bertz CT molecular complexity index is 309. The summed E-state index contributed by atoms with van der Waals surface area (Å²) in [5.41, 5.74) is 0.987. The Hall–Kier alpha value is -1.26. The Balaban J connectivity index is 2.74. The van der Waals surface area contributed by atoms with Crippen molar-refractivity contribution < 1.29 is 19.7 Å². The standard InChI is InChI=1S/C11H16O4/c1-14-9-5-3-8(4-6-11(12)13)7-10(9)15-2/h3,5,7,11-13H,4,6H2,1-2H3. The van der Waals surface area contributed by atoms with E-state index in [1.807, 2.05) is 12.1 Å². The van der Waals surface area contributed by atoms with Crippen molar-refractivity contribution in [2.45, 2.75) is 19.1 Å². The SMILES string of the molecule is COc1ccc(CCC(O)O)cc1OC. The fourth-order valence-corrected chi connectivity index (χ4v) is 1.33. The molecule has 0 spiro atoms. The number of aliphatic hydroxyl groups excluding tert-OH is 1. The first-order valence-electron chi connectivity index (χ1n) is 4.74. The monoisotopic (exact) mass is 212 g/mol. The van der Waals surface area contributed by atoms with Gasteiger partial charge in [0.2, 0.25) is 0 Å². The summed E-state index contributed by atoms with van der Waals surface area (Å²) in [4.78, 5) is 0. The lowest BCUT2D eigenvalue weighted by molar-refractivity contribution is -0.0447. The third-order valence-electron chi connectivity index (χ3n) is 2.14. The third kappa shape index (κ3) is 3.42. The molecule has 0 radical (unpaired) electrons. The van der Waals surface area contributed by atoms with Crippen molar-refractivity contribution in [1.82, 2.24) is 0 Å². The van der Waals surface area contributed by atoms with E-state index in [0.29, 0.717) is 24.3 Å². The van der Waals surface area contributed by atoms with E-state index in [4.69, 9.17) is 19.7 Å². The Labute approximate surface area is 89.1 Å². The molecule has 1 aromatic carbocycles. The number of methoxy groups -OCH3 is 2. The molecule has 84 valence electrons. The summed E-state index contributed by atoms with van der Waals surface area (Å²) < 4.78 is 10.2. The van der Waals surface area contributed by atoms with Crippen LogP contribution in [0.3, 0.4) is 0 Å². The topological polar surface area (TPSA) is 58.9 Å². The molecule has 1 aromatic rings. The van der Waals surface area contributed by atoms with E-state index in [1.54, 1.807) is 20.3 Å². The smallest absolute Gasteiger partial charge is 0.160 e. The summed E-state index contributed by atoms with van der Waals surface area (Å²) in [6.45, 7) is 0. The fraction of sp³-hybridized carbons (Fsp3) is 0.455. The van der Waals surface area contributed by atoms with Crippen LogP contribution in [0.15, 0.2) is 18.2 Å². The first kappa shape index (κ1) is 11.8. The van der Waals surface area contributed by atoms with Crippen LogP contribution in [-0.4, -0.2) is 30.7 Å². The van der Waals surface area contributed by atoms with Crippen LogP contribution < -0.4 is 9.47 Å². The molecular formula is C11H16O4. The van der Waals surface area contributed by atoms with Crippen molar-refractivity contribution in [2.24, 2.45) is 0 Å². The van der Waals surface area contributed by atoms with E-state index in [9.17, 15) is 0 Å². The maximum Gasteiger partial charge on any atom is 0.160 e. The molecule has 0 heterocycles. The number of aliphatic hydroxyl groups is 2. The molecule has 4 heteroatoms. The van der Waals surface area contributed by atoms with Gasteiger partial charge in [0.05, 0.1) is 14.2 Å². The molecule has 0 unspecified atom stereocenters. The van der Waals surface area contributed by atoms with Gasteiger partial charge in [0.15, 0.2) is 17.8 Å². The number of hydrogen-bond donors (Lipinski definition) is 2. The van der Waals surface area contributed by atoms with Crippen molar-refractivity contribution >= 4 is 0 Å². The second-order valence-corrected chi connectivity index (χ2v) is 3.21. The molecule has 0 atom stereocenters. The maximum atomic E-state index is 8.74. The maximum absolute atomic E-state index is 8.74. The molecule has 0 aliphatic rings. The van der Waals surface area contributed by atoms with Crippen LogP contribution in [0.5, 0.6) is 11.5 Å². The van der Waals surface area contributed by atoms with Crippen LogP contribution >= 0.6 is 0 Å². The van der Waals surface area contributed by atoms with Crippen LogP contribution in [0, 0.1) is 0 Å². The van der Waals surface area contributed by atoms with E-state index in [-0.39, 0.29) is 0 Å². The van der Waals surface area contributed by atoms with Gasteiger partial charge in [-0.25, -0.2) is 0 Å². The zero-order chi connectivity index (χ0) is 11.3. The lowest BCUT2D eigenvalue weighted by atomic mass is 10.1. The Kier molecular flexibility index (Phi) is 4.39. The van der Waals surface area contributed by atoms with Crippen molar-refractivity contribution in [1.29, 1.82) is 0 Å². The molecule has 0 amide bonds. The van der Waals surface area contributed by atoms with Gasteiger partial charge >= 0.3 is 0 Å². The average Bonchev–Trinajstić information content (AvgIpc) is 2.25. The van der Waals surface area contributed by atoms with Gasteiger partial charge in [-0.1, -0.05) is 6.07 Å². The molecule has 0 saturated carbocycles. The molecule has 15 heavy (non-hydrogen) atoms. The largest absolute Gasteiger partial charge is 0.493 e. The van der Waals surface area contributed by atoms with E-state index in [2.05, 4.69) is 0 Å². The number of aryl methyl sites for hydroxylation is 1. The van der Waals surface area contributed by atoms with E-state index in [1.165, 1.54) is 0 Å². The summed E-state index contributed by atoms with van der Waals surface area (Å²) >= 11 is 0. The van der Waals surface area contributed by atoms with E-state index in [0.717, 1.165) is 5.56 Å². The van der Waals surface area contributed by atoms with Gasteiger partial charge in [-0.15, -0.1) is 0 Å². The molecule has 0 aliphatic heterocycles. The summed E-state index contributed by atoms with van der Waals surface area (Å²) in [6, 6.07) is 5.52. The van der Waals surface area contributed by atoms with Crippen LogP contribution in [0.25, 0.3) is 0 Å². The highest BCUT2D eigenvalue weighted by Gasteiger charge is 2.05. The van der Waals surface area contributed by atoms with E-state index >= 15 is 0 Å². The molecule has 0 aliphatic carbocycles. The van der Waals surface area contributed by atoms with E-state index < -0.39 is 6.29 Å². The molecule has 0 saturated heterocycles. The van der Waals surface area contributed by atoms with Gasteiger partial charge < -0.3 is 19.7 Å². The minimum Gasteiger partial charge on any atom is -0.493 e. The molecule has 2 N–H and O–H groups in total. The lowest BCUT2D eigenvalue weighted by Crippen LogP contribution is -2.05. The molecule has 4 nitrogen and oxygen atoms in total. The highest BCUT2D eigenvalue weighted by Crippen LogP contribution is 2.27. The first-order chi connectivity index (χ1) is 7.17. The van der Waals surface area contributed by atoms with Crippen molar-refractivity contribution in [3.8, 4) is 11.5 Å². The van der Waals surface area contributed by atoms with Crippen LogP contribution in [0.4, 0.5) is 0 Å². The predicted octanol–water partition coefficient (Wildman–Crippen LogP) is 0.947. The highest BCUT2D eigenvalue weighted by molar-refractivity contribution is 5.42. The third-order valence-corrected chi connectivity index (χ3v) is 2.14. The second kappa shape index (κ2) is 5.58. The van der Waals surface area contributed by atoms with Gasteiger partial charge in [0.25, 0.3) is 0 Å². The van der Waals surface area contributed by atoms with Crippen LogP contribution in [0.2, 0.25) is 0 Å². The first-order valence-corrected chi connectivity index (χ1v) is 4.74. The van der Waals surface area contributed by atoms with Gasteiger partial charge in [0.1, 0.15) is 0 Å². The summed E-state index contributed by atoms with van der Waals surface area (Å²) in [6.07, 6.45) is -0.355. The fourth-order valence-electron chi connectivity index (χ4n) is 1.33. The number of ether oxygens (including phenoxy) is 2. The average molecular weight is 212 g/mol. The second-order valence-electron chi connectivity index (χ2n) is 3.21. The minimum absolute atomic E-state index is 0.315. The summed E-state index contributed by atoms with van der Waals surface area (Å²) in [5, 5.41) is 17.5. The number of benzene rings is 1. The Morgan fingerprint density at radius 3 is 2.33 bits per heavy atom.